The zero-order valence-electron chi connectivity index (χ0n) is 26.8. The highest BCUT2D eigenvalue weighted by molar-refractivity contribution is 9.10. The minimum Gasteiger partial charge on any atom is -0.493 e. The Balaban J connectivity index is 1.60. The summed E-state index contributed by atoms with van der Waals surface area (Å²) in [5.74, 6) is 1.47. The number of fused-ring (bicyclic) bond motifs is 1. The van der Waals surface area contributed by atoms with E-state index in [1.165, 1.54) is 15.9 Å². The first-order valence-corrected chi connectivity index (χ1v) is 16.8. The predicted molar refractivity (Wildman–Crippen MR) is 186 cm³/mol. The molecular formula is C35H34BrClN2O7S. The SMILES string of the molecule is CCOC(=O)C1=C(C)N=c2s/c(=C\c3cc(OC)c(OCc4ccccc4Cl)cc3Br)c(=O)n2[C@H]1c1ccc(OC(C)C)c(OC)c1. The number of esters is 1. The molecule has 1 atom stereocenters. The molecule has 5 rings (SSSR count). The number of nitrogens with zero attached hydrogens (tertiary/aromatic N) is 2. The second kappa shape index (κ2) is 14.8. The van der Waals surface area contributed by atoms with Gasteiger partial charge in [0, 0.05) is 15.1 Å². The molecule has 0 N–H and O–H groups in total. The maximum atomic E-state index is 14.2. The molecule has 1 aliphatic rings. The average Bonchev–Trinajstić information content (AvgIpc) is 3.34. The lowest BCUT2D eigenvalue weighted by molar-refractivity contribution is -0.139. The maximum absolute atomic E-state index is 14.2. The summed E-state index contributed by atoms with van der Waals surface area (Å²) in [4.78, 5) is 32.6. The van der Waals surface area contributed by atoms with Crippen LogP contribution in [0.1, 0.15) is 50.4 Å². The van der Waals surface area contributed by atoms with Crippen LogP contribution in [0.15, 0.2) is 80.1 Å². The molecule has 0 fully saturated rings. The molecule has 0 bridgehead atoms. The Morgan fingerprint density at radius 1 is 1.06 bits per heavy atom. The molecule has 9 nitrogen and oxygen atoms in total. The topological polar surface area (TPSA) is 97.6 Å². The highest BCUT2D eigenvalue weighted by Crippen LogP contribution is 2.37. The van der Waals surface area contributed by atoms with Crippen molar-refractivity contribution in [1.82, 2.24) is 4.57 Å². The monoisotopic (exact) mass is 740 g/mol. The zero-order chi connectivity index (χ0) is 33.8. The smallest absolute Gasteiger partial charge is 0.338 e. The minimum atomic E-state index is -0.812. The van der Waals surface area contributed by atoms with Crippen molar-refractivity contribution in [3.63, 3.8) is 0 Å². The van der Waals surface area contributed by atoms with Gasteiger partial charge in [0.25, 0.3) is 5.56 Å². The number of hydrogen-bond donors (Lipinski definition) is 0. The Kier molecular flexibility index (Phi) is 10.8. The normalized spacial score (nSPS) is 14.5. The lowest BCUT2D eigenvalue weighted by Gasteiger charge is -2.25. The Bertz CT molecular complexity index is 2040. The molecule has 12 heteroatoms. The van der Waals surface area contributed by atoms with E-state index in [1.54, 1.807) is 64.5 Å². The highest BCUT2D eigenvalue weighted by atomic mass is 79.9. The number of rotatable bonds is 11. The zero-order valence-corrected chi connectivity index (χ0v) is 29.9. The summed E-state index contributed by atoms with van der Waals surface area (Å²) in [5, 5.41) is 0.607. The molecule has 246 valence electrons. The first kappa shape index (κ1) is 34.3. The molecule has 0 unspecified atom stereocenters. The maximum Gasteiger partial charge on any atom is 0.338 e. The fraction of sp³-hybridized carbons (Fsp3) is 0.286. The van der Waals surface area contributed by atoms with Gasteiger partial charge in [0.1, 0.15) is 6.61 Å². The number of halogens is 2. The van der Waals surface area contributed by atoms with Crippen LogP contribution >= 0.6 is 38.9 Å². The van der Waals surface area contributed by atoms with Crippen LogP contribution in [0, 0.1) is 0 Å². The van der Waals surface area contributed by atoms with E-state index >= 15 is 0 Å². The third kappa shape index (κ3) is 7.27. The average molecular weight is 742 g/mol. The highest BCUT2D eigenvalue weighted by Gasteiger charge is 2.34. The van der Waals surface area contributed by atoms with Gasteiger partial charge >= 0.3 is 5.97 Å². The van der Waals surface area contributed by atoms with Crippen molar-refractivity contribution >= 4 is 50.9 Å². The Morgan fingerprint density at radius 2 is 1.79 bits per heavy atom. The third-order valence-corrected chi connectivity index (χ3v) is 9.33. The van der Waals surface area contributed by atoms with E-state index in [0.29, 0.717) is 58.7 Å². The summed E-state index contributed by atoms with van der Waals surface area (Å²) in [6.45, 7) is 7.74. The van der Waals surface area contributed by atoms with Gasteiger partial charge in [-0.2, -0.15) is 0 Å². The van der Waals surface area contributed by atoms with Crippen LogP contribution in [0.2, 0.25) is 5.02 Å². The first-order chi connectivity index (χ1) is 22.6. The Morgan fingerprint density at radius 3 is 2.47 bits per heavy atom. The second-order valence-electron chi connectivity index (χ2n) is 10.8. The number of aromatic nitrogens is 1. The molecule has 0 spiro atoms. The van der Waals surface area contributed by atoms with E-state index in [-0.39, 0.29) is 30.5 Å². The lowest BCUT2D eigenvalue weighted by Crippen LogP contribution is -2.40. The molecule has 1 aliphatic heterocycles. The van der Waals surface area contributed by atoms with Crippen molar-refractivity contribution in [2.45, 2.75) is 46.4 Å². The molecule has 2 heterocycles. The molecular weight excluding hydrogens is 708 g/mol. The van der Waals surface area contributed by atoms with E-state index < -0.39 is 12.0 Å². The van der Waals surface area contributed by atoms with Crippen LogP contribution < -0.4 is 33.8 Å². The van der Waals surface area contributed by atoms with E-state index in [2.05, 4.69) is 20.9 Å². The fourth-order valence-corrected chi connectivity index (χ4v) is 6.82. The van der Waals surface area contributed by atoms with Gasteiger partial charge in [-0.25, -0.2) is 9.79 Å². The van der Waals surface area contributed by atoms with E-state index in [0.717, 1.165) is 5.56 Å². The number of carbonyl (C=O) groups excluding carboxylic acids is 1. The molecule has 47 heavy (non-hydrogen) atoms. The Labute approximate surface area is 289 Å². The lowest BCUT2D eigenvalue weighted by atomic mass is 9.95. The van der Waals surface area contributed by atoms with Crippen LogP contribution in [0.3, 0.4) is 0 Å². The molecule has 0 saturated heterocycles. The number of carbonyl (C=O) groups is 1. The van der Waals surface area contributed by atoms with Crippen molar-refractivity contribution in [3.8, 4) is 23.0 Å². The third-order valence-electron chi connectivity index (χ3n) is 7.29. The van der Waals surface area contributed by atoms with Gasteiger partial charge in [-0.3, -0.25) is 9.36 Å². The molecule has 0 amide bonds. The quantitative estimate of drug-likeness (QED) is 0.160. The summed E-state index contributed by atoms with van der Waals surface area (Å²) >= 11 is 11.2. The van der Waals surface area contributed by atoms with Crippen molar-refractivity contribution in [2.24, 2.45) is 4.99 Å². The van der Waals surface area contributed by atoms with Crippen LogP contribution in [-0.2, 0) is 16.1 Å². The predicted octanol–water partition coefficient (Wildman–Crippen LogP) is 6.60. The minimum absolute atomic E-state index is 0.0782. The standard InChI is InChI=1S/C35H34BrClN2O7S/c1-7-44-34(41)31-20(4)38-35-39(32(31)21-12-13-26(46-19(2)3)27(14-21)42-5)33(40)30(47-35)16-23-15-28(43-6)29(17-24(23)36)45-18-22-10-8-9-11-25(22)37/h8-17,19,32H,7,18H2,1-6H3/b30-16-/t32-/m0/s1. The summed E-state index contributed by atoms with van der Waals surface area (Å²) in [7, 11) is 3.10. The van der Waals surface area contributed by atoms with Crippen LogP contribution in [0.5, 0.6) is 23.0 Å². The van der Waals surface area contributed by atoms with Gasteiger partial charge in [-0.1, -0.05) is 63.1 Å². The van der Waals surface area contributed by atoms with E-state index in [1.807, 2.05) is 38.1 Å². The van der Waals surface area contributed by atoms with Crippen LogP contribution in [0.25, 0.3) is 6.08 Å². The van der Waals surface area contributed by atoms with E-state index in [4.69, 9.17) is 35.3 Å². The van der Waals surface area contributed by atoms with Crippen LogP contribution in [0.4, 0.5) is 0 Å². The van der Waals surface area contributed by atoms with Gasteiger partial charge in [-0.15, -0.1) is 0 Å². The van der Waals surface area contributed by atoms with Crippen molar-refractivity contribution in [3.05, 3.63) is 112 Å². The molecule has 3 aromatic carbocycles. The summed E-state index contributed by atoms with van der Waals surface area (Å²) < 4.78 is 31.3. The molecule has 1 aromatic heterocycles. The van der Waals surface area contributed by atoms with Crippen molar-refractivity contribution in [1.29, 1.82) is 0 Å². The van der Waals surface area contributed by atoms with Crippen LogP contribution in [-0.4, -0.2) is 37.5 Å². The number of thiazole rings is 1. The van der Waals surface area contributed by atoms with E-state index in [9.17, 15) is 9.59 Å². The Hall–Kier alpha value is -4.06. The number of hydrogen-bond acceptors (Lipinski definition) is 9. The van der Waals surface area contributed by atoms with Crippen molar-refractivity contribution < 1.29 is 28.5 Å². The second-order valence-corrected chi connectivity index (χ2v) is 13.1. The number of methoxy groups -OCH3 is 2. The number of benzene rings is 3. The van der Waals surface area contributed by atoms with Crippen molar-refractivity contribution in [2.75, 3.05) is 20.8 Å². The summed E-state index contributed by atoms with van der Waals surface area (Å²) in [5.41, 5.74) is 2.58. The summed E-state index contributed by atoms with van der Waals surface area (Å²) in [6.07, 6.45) is 1.68. The largest absolute Gasteiger partial charge is 0.493 e. The molecule has 0 aliphatic carbocycles. The van der Waals surface area contributed by atoms with Gasteiger partial charge < -0.3 is 23.7 Å². The molecule has 4 aromatic rings. The molecule has 0 saturated carbocycles. The summed E-state index contributed by atoms with van der Waals surface area (Å²) in [6, 6.07) is 15.6. The van der Waals surface area contributed by atoms with Gasteiger partial charge in [0.2, 0.25) is 0 Å². The molecule has 0 radical (unpaired) electrons. The fourth-order valence-electron chi connectivity index (χ4n) is 5.16. The van der Waals surface area contributed by atoms with Gasteiger partial charge in [0.15, 0.2) is 27.8 Å². The number of allylic oxidation sites excluding steroid dienone is 1. The first-order valence-electron chi connectivity index (χ1n) is 14.8. The van der Waals surface area contributed by atoms with Gasteiger partial charge in [0.05, 0.1) is 48.8 Å². The van der Waals surface area contributed by atoms with Gasteiger partial charge in [-0.05, 0) is 75.2 Å². The number of ether oxygens (including phenoxy) is 5.